The quantitative estimate of drug-likeness (QED) is 0.118. The predicted molar refractivity (Wildman–Crippen MR) is 232 cm³/mol. The molecule has 9 rings (SSSR count). The summed E-state index contributed by atoms with van der Waals surface area (Å²) in [6, 6.07) is 18.2. The van der Waals surface area contributed by atoms with Gasteiger partial charge in [-0.05, 0) is 92.1 Å². The summed E-state index contributed by atoms with van der Waals surface area (Å²) in [5, 5.41) is 5.49. The molecule has 64 heavy (non-hydrogen) atoms. The van der Waals surface area contributed by atoms with Gasteiger partial charge in [-0.25, -0.2) is 5.09 Å². The van der Waals surface area contributed by atoms with E-state index < -0.39 is 48.7 Å². The van der Waals surface area contributed by atoms with Gasteiger partial charge in [0.25, 0.3) is 5.91 Å². The van der Waals surface area contributed by atoms with Gasteiger partial charge < -0.3 is 34.0 Å². The second-order valence-electron chi connectivity index (χ2n) is 17.4. The molecule has 338 valence electrons. The van der Waals surface area contributed by atoms with Crippen LogP contribution in [0.2, 0.25) is 0 Å². The van der Waals surface area contributed by atoms with Crippen LogP contribution in [0.5, 0.6) is 5.75 Å². The maximum Gasteiger partial charge on any atom is 0.390 e. The van der Waals surface area contributed by atoms with Gasteiger partial charge in [0.1, 0.15) is 30.5 Å². The van der Waals surface area contributed by atoms with Crippen molar-refractivity contribution in [3.05, 3.63) is 101 Å². The summed E-state index contributed by atoms with van der Waals surface area (Å²) >= 11 is 1.06. The molecule has 2 unspecified atom stereocenters. The van der Waals surface area contributed by atoms with E-state index in [-0.39, 0.29) is 58.2 Å². The molecule has 5 aliphatic rings. The van der Waals surface area contributed by atoms with Gasteiger partial charge in [-0.1, -0.05) is 54.6 Å². The molecule has 5 heterocycles. The Labute approximate surface area is 373 Å². The number of carbonyl (C=O) groups is 5. The van der Waals surface area contributed by atoms with E-state index >= 15 is 8.78 Å². The number of fused-ring (bicyclic) bond motifs is 3. The molecule has 4 aromatic rings. The summed E-state index contributed by atoms with van der Waals surface area (Å²) in [6.45, 7) is 3.81. The van der Waals surface area contributed by atoms with Gasteiger partial charge in [0.05, 0.1) is 24.0 Å². The maximum atomic E-state index is 16.8. The lowest BCUT2D eigenvalue weighted by Gasteiger charge is -2.44. The molecule has 1 saturated carbocycles. The number of likely N-dealkylation sites (tertiary alicyclic amines) is 1. The Morgan fingerprint density at radius 3 is 2.33 bits per heavy atom. The minimum Gasteiger partial charge on any atom is -0.460 e. The standard InChI is InChI=1S/C46H50F2N5O9PS/c1-28(45(58)61-27-29-8-4-2-5-9-29)50-63(59,62-36-10-6-3-7-11-36)46(47,48)34-12-15-39-32(21-34)24-40(64-39)41(54)49-37-23-31-20-30(31)22-35-13-14-38(53(35)43(37)56)44(57)52-25-33(26-52)42(55)51-16-18-60-19-17-51/h2-12,15,21,24,28,30-31,33,35,37-38H,13-14,16-20,22-23,25-27H2,1H3,(H,49,54)(H,50,59)/t28-,30+,31-,35+,37?,38-,63?/m0/s1. The van der Waals surface area contributed by atoms with E-state index in [1.54, 1.807) is 51.1 Å². The first-order chi connectivity index (χ1) is 30.8. The molecule has 18 heteroatoms. The fourth-order valence-corrected chi connectivity index (χ4v) is 12.2. The summed E-state index contributed by atoms with van der Waals surface area (Å²) < 4.78 is 64.7. The smallest absolute Gasteiger partial charge is 0.390 e. The zero-order valence-electron chi connectivity index (χ0n) is 35.2. The number of alkyl halides is 2. The van der Waals surface area contributed by atoms with Gasteiger partial charge in [0, 0.05) is 42.5 Å². The molecule has 7 atom stereocenters. The molecule has 4 aliphatic heterocycles. The van der Waals surface area contributed by atoms with Crippen molar-refractivity contribution in [1.29, 1.82) is 0 Å². The zero-order chi connectivity index (χ0) is 44.8. The van der Waals surface area contributed by atoms with Crippen LogP contribution in [0.25, 0.3) is 10.1 Å². The van der Waals surface area contributed by atoms with Crippen molar-refractivity contribution in [2.24, 2.45) is 17.8 Å². The highest BCUT2D eigenvalue weighted by molar-refractivity contribution is 7.58. The van der Waals surface area contributed by atoms with E-state index in [0.29, 0.717) is 74.8 Å². The zero-order valence-corrected chi connectivity index (χ0v) is 36.9. The first kappa shape index (κ1) is 44.0. The number of esters is 1. The number of hydrogen-bond acceptors (Lipinski definition) is 10. The largest absolute Gasteiger partial charge is 0.460 e. The van der Waals surface area contributed by atoms with Crippen LogP contribution in [0.1, 0.15) is 59.8 Å². The lowest BCUT2D eigenvalue weighted by molar-refractivity contribution is -0.156. The fourth-order valence-electron chi connectivity index (χ4n) is 9.40. The predicted octanol–water partition coefficient (Wildman–Crippen LogP) is 6.15. The molecule has 4 amide bonds. The Morgan fingerprint density at radius 2 is 1.59 bits per heavy atom. The number of nitrogens with one attached hydrogen (secondary N) is 2. The lowest BCUT2D eigenvalue weighted by Crippen LogP contribution is -2.62. The lowest BCUT2D eigenvalue weighted by atomic mass is 9.96. The number of amides is 4. The van der Waals surface area contributed by atoms with Crippen LogP contribution < -0.4 is 14.9 Å². The minimum absolute atomic E-state index is 0.0189. The van der Waals surface area contributed by atoms with Gasteiger partial charge >= 0.3 is 19.2 Å². The molecule has 1 aromatic heterocycles. The number of halogens is 2. The van der Waals surface area contributed by atoms with Crippen molar-refractivity contribution < 1.29 is 51.3 Å². The number of para-hydroxylation sites is 1. The Kier molecular flexibility index (Phi) is 12.4. The third kappa shape index (κ3) is 8.91. The van der Waals surface area contributed by atoms with Gasteiger partial charge in [-0.2, -0.15) is 8.78 Å². The van der Waals surface area contributed by atoms with E-state index in [9.17, 15) is 28.5 Å². The molecule has 3 aromatic carbocycles. The van der Waals surface area contributed by atoms with Crippen LogP contribution in [-0.2, 0) is 45.5 Å². The van der Waals surface area contributed by atoms with Crippen LogP contribution in [-0.4, -0.2) is 108 Å². The van der Waals surface area contributed by atoms with Crippen LogP contribution in [0, 0.1) is 17.8 Å². The minimum atomic E-state index is -5.29. The molecular weight excluding hydrogens is 868 g/mol. The molecule has 0 radical (unpaired) electrons. The number of nitrogens with zero attached hydrogens (tertiary/aromatic N) is 3. The monoisotopic (exact) mass is 917 g/mol. The third-order valence-electron chi connectivity index (χ3n) is 13.1. The Balaban J connectivity index is 0.895. The average molecular weight is 918 g/mol. The number of rotatable bonds is 13. The second kappa shape index (κ2) is 18.0. The molecule has 2 N–H and O–H groups in total. The highest BCUT2D eigenvalue weighted by Gasteiger charge is 2.57. The fraction of sp³-hybridized carbons (Fsp3) is 0.457. The van der Waals surface area contributed by atoms with E-state index in [2.05, 4.69) is 10.4 Å². The topological polar surface area (TPSA) is 164 Å². The van der Waals surface area contributed by atoms with E-state index in [4.69, 9.17) is 14.0 Å². The number of thiophene rings is 1. The number of ether oxygens (including phenoxy) is 2. The van der Waals surface area contributed by atoms with Crippen molar-refractivity contribution in [1.82, 2.24) is 25.1 Å². The summed E-state index contributed by atoms with van der Waals surface area (Å²) in [5.74, 6) is -1.69. The number of carbonyl (C=O) groups excluding carboxylic acids is 5. The Hall–Kier alpha value is -5.22. The second-order valence-corrected chi connectivity index (χ2v) is 20.6. The Morgan fingerprint density at radius 1 is 0.891 bits per heavy atom. The first-order valence-electron chi connectivity index (χ1n) is 21.8. The highest BCUT2D eigenvalue weighted by atomic mass is 32.1. The van der Waals surface area contributed by atoms with Crippen molar-refractivity contribution in [3.8, 4) is 5.75 Å². The van der Waals surface area contributed by atoms with Crippen LogP contribution in [0.3, 0.4) is 0 Å². The molecular formula is C46H50F2N5O9PS. The van der Waals surface area contributed by atoms with Crippen LogP contribution in [0.4, 0.5) is 8.78 Å². The van der Waals surface area contributed by atoms with Crippen LogP contribution >= 0.6 is 18.9 Å². The van der Waals surface area contributed by atoms with Gasteiger partial charge in [0.2, 0.25) is 17.7 Å². The van der Waals surface area contributed by atoms with Crippen molar-refractivity contribution in [2.45, 2.75) is 75.5 Å². The highest BCUT2D eigenvalue weighted by Crippen LogP contribution is 2.63. The summed E-state index contributed by atoms with van der Waals surface area (Å²) in [6.07, 6.45) is 3.34. The number of hydrogen-bond donors (Lipinski definition) is 2. The molecule has 5 fully saturated rings. The van der Waals surface area contributed by atoms with Gasteiger partial charge in [-0.15, -0.1) is 11.3 Å². The average Bonchev–Trinajstić information content (AvgIpc) is 3.63. The SMILES string of the molecule is C[C@H](NP(=O)(Oc1ccccc1)C(F)(F)c1ccc2sc(C(=O)NC3C[C@@H]4C[C@@H]4C[C@H]4CC[C@@H](C(=O)N5CC(C(=O)N6CCOCC6)C5)N4C3=O)cc2c1)C(=O)OCc1ccccc1. The molecule has 0 bridgehead atoms. The van der Waals surface area contributed by atoms with E-state index in [1.807, 2.05) is 0 Å². The summed E-state index contributed by atoms with van der Waals surface area (Å²) in [7, 11) is -5.29. The van der Waals surface area contributed by atoms with Crippen LogP contribution in [0.15, 0.2) is 84.9 Å². The molecule has 0 spiro atoms. The van der Waals surface area contributed by atoms with Crippen molar-refractivity contribution in [3.63, 3.8) is 0 Å². The Bertz CT molecular complexity index is 2470. The molecule has 14 nitrogen and oxygen atoms in total. The van der Waals surface area contributed by atoms with Crippen molar-refractivity contribution in [2.75, 3.05) is 39.4 Å². The third-order valence-corrected chi connectivity index (χ3v) is 16.4. The molecule has 1 aliphatic carbocycles. The summed E-state index contributed by atoms with van der Waals surface area (Å²) in [5.41, 5.74) is -4.18. The van der Waals surface area contributed by atoms with Crippen molar-refractivity contribution >= 4 is 58.5 Å². The number of benzene rings is 3. The van der Waals surface area contributed by atoms with Gasteiger partial charge in [-0.3, -0.25) is 28.5 Å². The van der Waals surface area contributed by atoms with Gasteiger partial charge in [0.15, 0.2) is 0 Å². The maximum absolute atomic E-state index is 16.8. The normalized spacial score (nSPS) is 24.9. The van der Waals surface area contributed by atoms with E-state index in [1.165, 1.54) is 43.3 Å². The number of morpholine rings is 1. The molecule has 4 saturated heterocycles. The summed E-state index contributed by atoms with van der Waals surface area (Å²) in [4.78, 5) is 73.6. The van der Waals surface area contributed by atoms with E-state index in [0.717, 1.165) is 36.3 Å². The first-order valence-corrected chi connectivity index (χ1v) is 24.3.